The van der Waals surface area contributed by atoms with E-state index >= 15 is 0 Å². The van der Waals surface area contributed by atoms with Crippen molar-refractivity contribution in [2.45, 2.75) is 63.9 Å². The molecule has 8 heteroatoms. The number of ether oxygens (including phenoxy) is 2. The van der Waals surface area contributed by atoms with Crippen LogP contribution < -0.4 is 0 Å². The van der Waals surface area contributed by atoms with Crippen molar-refractivity contribution in [1.82, 2.24) is 9.80 Å². The summed E-state index contributed by atoms with van der Waals surface area (Å²) in [6.07, 6.45) is 7.25. The molecule has 2 saturated heterocycles. The lowest BCUT2D eigenvalue weighted by atomic mass is 9.78. The van der Waals surface area contributed by atoms with E-state index in [2.05, 4.69) is 0 Å². The van der Waals surface area contributed by atoms with E-state index in [1.165, 1.54) is 4.90 Å². The molecule has 0 aliphatic carbocycles. The first-order valence-corrected chi connectivity index (χ1v) is 11.2. The summed E-state index contributed by atoms with van der Waals surface area (Å²) in [5.41, 5.74) is -1.27. The third kappa shape index (κ3) is 3.14. The van der Waals surface area contributed by atoms with E-state index in [-0.39, 0.29) is 37.0 Å². The molecule has 2 amide bonds. The summed E-state index contributed by atoms with van der Waals surface area (Å²) in [5.74, 6) is -2.75. The number of carbonyl (C=O) groups excluding carboxylic acids is 3. The lowest BCUT2D eigenvalue weighted by molar-refractivity contribution is -0.156. The van der Waals surface area contributed by atoms with E-state index in [9.17, 15) is 19.5 Å². The first-order chi connectivity index (χ1) is 14.8. The maximum atomic E-state index is 13.9. The van der Waals surface area contributed by atoms with Crippen LogP contribution in [0.3, 0.4) is 0 Å². The molecule has 4 rings (SSSR count). The second-order valence-corrected chi connectivity index (χ2v) is 9.27. The fraction of sp³-hybridized carbons (Fsp3) is 0.696. The predicted molar refractivity (Wildman–Crippen MR) is 112 cm³/mol. The molecule has 8 nitrogen and oxygen atoms in total. The van der Waals surface area contributed by atoms with Crippen molar-refractivity contribution in [2.24, 2.45) is 17.8 Å². The molecule has 31 heavy (non-hydrogen) atoms. The molecule has 0 aromatic carbocycles. The summed E-state index contributed by atoms with van der Waals surface area (Å²) in [4.78, 5) is 43.8. The molecule has 1 unspecified atom stereocenters. The van der Waals surface area contributed by atoms with Crippen LogP contribution >= 0.6 is 0 Å². The van der Waals surface area contributed by atoms with Crippen LogP contribution in [0.5, 0.6) is 0 Å². The van der Waals surface area contributed by atoms with Crippen molar-refractivity contribution in [3.05, 3.63) is 24.3 Å². The Kier molecular flexibility index (Phi) is 5.72. The molecule has 4 aliphatic heterocycles. The van der Waals surface area contributed by atoms with Gasteiger partial charge in [-0.2, -0.15) is 0 Å². The van der Waals surface area contributed by atoms with Crippen LogP contribution in [0.4, 0.5) is 0 Å². The largest absolute Gasteiger partial charge is 0.461 e. The Labute approximate surface area is 182 Å². The maximum Gasteiger partial charge on any atom is 0.313 e. The van der Waals surface area contributed by atoms with Gasteiger partial charge in [0.25, 0.3) is 0 Å². The highest BCUT2D eigenvalue weighted by molar-refractivity contribution is 5.99. The summed E-state index contributed by atoms with van der Waals surface area (Å²) in [6.45, 7) is 8.07. The number of cyclic esters (lactones) is 1. The average Bonchev–Trinajstić information content (AvgIpc) is 3.03. The number of esters is 1. The smallest absolute Gasteiger partial charge is 0.313 e. The third-order valence-corrected chi connectivity index (χ3v) is 7.35. The predicted octanol–water partition coefficient (Wildman–Crippen LogP) is 0.894. The Hall–Kier alpha value is -2.19. The average molecular weight is 433 g/mol. The number of fused-ring (bicyclic) bond motifs is 2. The van der Waals surface area contributed by atoms with Crippen molar-refractivity contribution in [2.75, 3.05) is 19.8 Å². The fourth-order valence-corrected chi connectivity index (χ4v) is 5.56. The van der Waals surface area contributed by atoms with Gasteiger partial charge in [-0.25, -0.2) is 0 Å². The number of hydrogen-bond acceptors (Lipinski definition) is 6. The van der Waals surface area contributed by atoms with Gasteiger partial charge in [0, 0.05) is 12.6 Å². The minimum atomic E-state index is -1.27. The van der Waals surface area contributed by atoms with Crippen molar-refractivity contribution < 1.29 is 29.0 Å². The van der Waals surface area contributed by atoms with Gasteiger partial charge < -0.3 is 24.4 Å². The zero-order chi connectivity index (χ0) is 22.5. The molecular weight excluding hydrogens is 400 g/mol. The minimum absolute atomic E-state index is 0.0332. The second kappa shape index (κ2) is 8.06. The topological polar surface area (TPSA) is 96.4 Å². The Morgan fingerprint density at radius 3 is 2.58 bits per heavy atom. The van der Waals surface area contributed by atoms with Gasteiger partial charge in [0.05, 0.1) is 24.7 Å². The van der Waals surface area contributed by atoms with Crippen LogP contribution in [0, 0.1) is 17.8 Å². The Bertz CT molecular complexity index is 823. The number of amides is 2. The highest BCUT2D eigenvalue weighted by atomic mass is 16.6. The van der Waals surface area contributed by atoms with Gasteiger partial charge in [-0.15, -0.1) is 0 Å². The SMILES string of the molecule is CC[C@H](C)[C@H](CO)N1C(=O)[C@@H]2[C@H]3C(=O)OCC=C[C@H]3O[C@@]23C=CCN(C(C)C)C(=O)C13. The highest BCUT2D eigenvalue weighted by Crippen LogP contribution is 2.54. The van der Waals surface area contributed by atoms with Crippen LogP contribution in [0.15, 0.2) is 24.3 Å². The van der Waals surface area contributed by atoms with Gasteiger partial charge in [-0.1, -0.05) is 38.5 Å². The van der Waals surface area contributed by atoms with Gasteiger partial charge in [0.1, 0.15) is 24.2 Å². The highest BCUT2D eigenvalue weighted by Gasteiger charge is 2.72. The zero-order valence-corrected chi connectivity index (χ0v) is 18.6. The van der Waals surface area contributed by atoms with E-state index in [4.69, 9.17) is 9.47 Å². The molecule has 0 bridgehead atoms. The van der Waals surface area contributed by atoms with Gasteiger partial charge in [-0.05, 0) is 25.8 Å². The first kappa shape index (κ1) is 22.0. The Balaban J connectivity index is 1.88. The lowest BCUT2D eigenvalue weighted by Gasteiger charge is -2.41. The summed E-state index contributed by atoms with van der Waals surface area (Å²) < 4.78 is 11.8. The molecule has 4 aliphatic rings. The normalized spacial score (nSPS) is 36.6. The van der Waals surface area contributed by atoms with E-state index in [0.717, 1.165) is 6.42 Å². The van der Waals surface area contributed by atoms with Crippen LogP contribution in [0.2, 0.25) is 0 Å². The molecule has 0 aromatic rings. The molecule has 1 N–H and O–H groups in total. The lowest BCUT2D eigenvalue weighted by Crippen LogP contribution is -2.60. The first-order valence-electron chi connectivity index (χ1n) is 11.2. The van der Waals surface area contributed by atoms with Crippen LogP contribution in [-0.2, 0) is 23.9 Å². The Morgan fingerprint density at radius 2 is 1.94 bits per heavy atom. The quantitative estimate of drug-likeness (QED) is 0.512. The number of aliphatic hydroxyl groups excluding tert-OH is 1. The van der Waals surface area contributed by atoms with Gasteiger partial charge in [0.15, 0.2) is 0 Å². The summed E-state index contributed by atoms with van der Waals surface area (Å²) in [6, 6.07) is -1.56. The molecule has 7 atom stereocenters. The molecule has 0 saturated carbocycles. The number of hydrogen-bond donors (Lipinski definition) is 1. The molecule has 2 fully saturated rings. The van der Waals surface area contributed by atoms with Crippen molar-refractivity contribution >= 4 is 17.8 Å². The summed E-state index contributed by atoms with van der Waals surface area (Å²) in [5, 5.41) is 10.2. The number of carbonyl (C=O) groups is 3. The van der Waals surface area contributed by atoms with E-state index in [1.54, 1.807) is 23.1 Å². The van der Waals surface area contributed by atoms with Crippen molar-refractivity contribution in [1.29, 1.82) is 0 Å². The summed E-state index contributed by atoms with van der Waals surface area (Å²) >= 11 is 0. The van der Waals surface area contributed by atoms with Crippen LogP contribution in [-0.4, -0.2) is 82.3 Å². The maximum absolute atomic E-state index is 13.9. The monoisotopic (exact) mass is 432 g/mol. The molecule has 0 radical (unpaired) electrons. The van der Waals surface area contributed by atoms with Gasteiger partial charge in [0.2, 0.25) is 11.8 Å². The standard InChI is InChI=1S/C23H32N2O6/c1-5-14(4)15(12-26)25-19-21(28)24(13(2)3)10-7-9-23(19)18(20(25)27)17-16(31-23)8-6-11-30-22(17)29/h6-9,13-19,26H,5,10-12H2,1-4H3/t14-,15-,16+,17-,18-,19?,23-/m0/s1. The minimum Gasteiger partial charge on any atom is -0.461 e. The Morgan fingerprint density at radius 1 is 1.19 bits per heavy atom. The molecule has 0 aromatic heterocycles. The third-order valence-electron chi connectivity index (χ3n) is 7.35. The molecule has 170 valence electrons. The van der Waals surface area contributed by atoms with Crippen molar-refractivity contribution in [3.63, 3.8) is 0 Å². The molecule has 4 heterocycles. The zero-order valence-electron chi connectivity index (χ0n) is 18.6. The number of likely N-dealkylation sites (tertiary alicyclic amines) is 1. The van der Waals surface area contributed by atoms with Crippen molar-refractivity contribution in [3.8, 4) is 0 Å². The van der Waals surface area contributed by atoms with E-state index in [0.29, 0.717) is 6.54 Å². The van der Waals surface area contributed by atoms with E-state index in [1.807, 2.05) is 33.8 Å². The van der Waals surface area contributed by atoms with E-state index < -0.39 is 41.6 Å². The number of nitrogens with zero attached hydrogens (tertiary/aromatic N) is 2. The number of rotatable bonds is 5. The van der Waals surface area contributed by atoms with Crippen LogP contribution in [0.25, 0.3) is 0 Å². The summed E-state index contributed by atoms with van der Waals surface area (Å²) in [7, 11) is 0. The van der Waals surface area contributed by atoms with Gasteiger partial charge >= 0.3 is 5.97 Å². The molecule has 1 spiro atoms. The fourth-order valence-electron chi connectivity index (χ4n) is 5.56. The van der Waals surface area contributed by atoms with Crippen LogP contribution in [0.1, 0.15) is 34.1 Å². The number of aliphatic hydroxyl groups is 1. The second-order valence-electron chi connectivity index (χ2n) is 9.27. The molecular formula is C23H32N2O6. The van der Waals surface area contributed by atoms with Gasteiger partial charge in [-0.3, -0.25) is 14.4 Å².